The van der Waals surface area contributed by atoms with Gasteiger partial charge in [-0.15, -0.1) is 10.2 Å². The van der Waals surface area contributed by atoms with Crippen LogP contribution in [0.3, 0.4) is 0 Å². The van der Waals surface area contributed by atoms with Crippen LogP contribution >= 0.6 is 11.8 Å². The average Bonchev–Trinajstić information content (AvgIpc) is 3.44. The van der Waals surface area contributed by atoms with Crippen LogP contribution in [0.25, 0.3) is 17.3 Å². The molecule has 0 fully saturated rings. The zero-order valence-electron chi connectivity index (χ0n) is 17.0. The second kappa shape index (κ2) is 9.01. The van der Waals surface area contributed by atoms with Gasteiger partial charge in [0.2, 0.25) is 11.7 Å². The molecular formula is C23H20N4O3S. The number of benzene rings is 2. The van der Waals surface area contributed by atoms with E-state index in [1.165, 1.54) is 18.7 Å². The van der Waals surface area contributed by atoms with Gasteiger partial charge >= 0.3 is 0 Å². The Morgan fingerprint density at radius 3 is 2.39 bits per heavy atom. The van der Waals surface area contributed by atoms with Gasteiger partial charge in [0.1, 0.15) is 0 Å². The number of thioether (sulfide) groups is 1. The first-order valence-corrected chi connectivity index (χ1v) is 10.5. The average molecular weight is 433 g/mol. The Kier molecular flexibility index (Phi) is 5.99. The molecule has 156 valence electrons. The molecule has 31 heavy (non-hydrogen) atoms. The quantitative estimate of drug-likeness (QED) is 0.332. The number of anilines is 1. The summed E-state index contributed by atoms with van der Waals surface area (Å²) in [6, 6.07) is 20.2. The van der Waals surface area contributed by atoms with Crippen molar-refractivity contribution in [1.29, 1.82) is 0 Å². The first-order chi connectivity index (χ1) is 15.0. The fourth-order valence-electron chi connectivity index (χ4n) is 3.09. The number of carbonyl (C=O) groups excluding carboxylic acids is 2. The Bertz CT molecular complexity index is 1190. The third-order valence-electron chi connectivity index (χ3n) is 4.53. The molecule has 0 spiro atoms. The van der Waals surface area contributed by atoms with E-state index in [9.17, 15) is 9.59 Å². The number of Topliss-reactive ketones (excluding diaryl/α,β-unsaturated/α-hetero) is 1. The number of nitrogens with one attached hydrogen (secondary N) is 1. The summed E-state index contributed by atoms with van der Waals surface area (Å²) in [5.41, 5.74) is 2.09. The van der Waals surface area contributed by atoms with Crippen molar-refractivity contribution < 1.29 is 14.0 Å². The maximum atomic E-state index is 13.0. The minimum atomic E-state index is -0.400. The van der Waals surface area contributed by atoms with Gasteiger partial charge in [-0.3, -0.25) is 14.2 Å². The van der Waals surface area contributed by atoms with Crippen LogP contribution in [0.1, 0.15) is 24.2 Å². The van der Waals surface area contributed by atoms with Gasteiger partial charge in [-0.2, -0.15) is 0 Å². The monoisotopic (exact) mass is 432 g/mol. The molecule has 1 N–H and O–H groups in total. The molecule has 0 aliphatic rings. The van der Waals surface area contributed by atoms with Crippen molar-refractivity contribution in [2.24, 2.45) is 0 Å². The van der Waals surface area contributed by atoms with Crippen LogP contribution in [0.2, 0.25) is 0 Å². The molecule has 1 amide bonds. The number of hydrogen-bond donors (Lipinski definition) is 1. The molecular weight excluding hydrogens is 412 g/mol. The summed E-state index contributed by atoms with van der Waals surface area (Å²) in [6.45, 7) is 3.28. The largest absolute Gasteiger partial charge is 0.461 e. The van der Waals surface area contributed by atoms with Crippen molar-refractivity contribution in [3.8, 4) is 17.3 Å². The highest BCUT2D eigenvalue weighted by molar-refractivity contribution is 8.00. The topological polar surface area (TPSA) is 90.0 Å². The van der Waals surface area contributed by atoms with E-state index in [1.807, 2.05) is 47.9 Å². The van der Waals surface area contributed by atoms with Crippen LogP contribution in [0.5, 0.6) is 0 Å². The number of hydrogen-bond acceptors (Lipinski definition) is 6. The van der Waals surface area contributed by atoms with E-state index in [0.29, 0.717) is 28.0 Å². The molecule has 0 saturated heterocycles. The summed E-state index contributed by atoms with van der Waals surface area (Å²) in [5, 5.41) is 11.5. The third-order valence-corrected chi connectivity index (χ3v) is 5.57. The molecule has 0 bridgehead atoms. The van der Waals surface area contributed by atoms with E-state index in [1.54, 1.807) is 36.6 Å². The molecule has 2 aromatic carbocycles. The Morgan fingerprint density at radius 2 is 1.74 bits per heavy atom. The summed E-state index contributed by atoms with van der Waals surface area (Å²) in [6.07, 6.45) is 1.59. The van der Waals surface area contributed by atoms with Gasteiger partial charge < -0.3 is 9.73 Å². The number of carbonyl (C=O) groups is 2. The summed E-state index contributed by atoms with van der Waals surface area (Å²) in [7, 11) is 0. The van der Waals surface area contributed by atoms with Crippen LogP contribution in [-0.4, -0.2) is 31.7 Å². The minimum Gasteiger partial charge on any atom is -0.461 e. The Labute approximate surface area is 183 Å². The maximum Gasteiger partial charge on any atom is 0.221 e. The highest BCUT2D eigenvalue weighted by Crippen LogP contribution is 2.31. The minimum absolute atomic E-state index is 0.0402. The first kappa shape index (κ1) is 20.6. The van der Waals surface area contributed by atoms with Crippen molar-refractivity contribution in [1.82, 2.24) is 14.8 Å². The second-order valence-electron chi connectivity index (χ2n) is 6.84. The van der Waals surface area contributed by atoms with E-state index in [-0.39, 0.29) is 11.7 Å². The molecule has 1 atom stereocenters. The summed E-state index contributed by atoms with van der Waals surface area (Å²) in [4.78, 5) is 24.2. The lowest BCUT2D eigenvalue weighted by atomic mass is 10.1. The Hall–Kier alpha value is -3.65. The first-order valence-electron chi connectivity index (χ1n) is 9.66. The van der Waals surface area contributed by atoms with Crippen molar-refractivity contribution >= 4 is 29.1 Å². The zero-order chi connectivity index (χ0) is 21.8. The van der Waals surface area contributed by atoms with Gasteiger partial charge in [0, 0.05) is 23.9 Å². The van der Waals surface area contributed by atoms with E-state index in [0.717, 1.165) is 5.69 Å². The Morgan fingerprint density at radius 1 is 1.00 bits per heavy atom. The molecule has 7 nitrogen and oxygen atoms in total. The normalized spacial score (nSPS) is 11.8. The Balaban J connectivity index is 1.60. The fourth-order valence-corrected chi connectivity index (χ4v) is 4.03. The smallest absolute Gasteiger partial charge is 0.221 e. The van der Waals surface area contributed by atoms with E-state index >= 15 is 0 Å². The SMILES string of the molecule is CC(=O)Nc1ccc(C(=O)C(C)Sc2nnc(-c3ccco3)n2-c2ccccc2)cc1. The van der Waals surface area contributed by atoms with E-state index in [2.05, 4.69) is 15.5 Å². The van der Waals surface area contributed by atoms with Crippen LogP contribution < -0.4 is 5.32 Å². The van der Waals surface area contributed by atoms with Crippen molar-refractivity contribution in [3.05, 3.63) is 78.6 Å². The van der Waals surface area contributed by atoms with E-state index in [4.69, 9.17) is 4.42 Å². The number of amides is 1. The maximum absolute atomic E-state index is 13.0. The predicted molar refractivity (Wildman–Crippen MR) is 119 cm³/mol. The predicted octanol–water partition coefficient (Wildman–Crippen LogP) is 4.85. The molecule has 0 aliphatic heterocycles. The van der Waals surface area contributed by atoms with Crippen LogP contribution in [0.4, 0.5) is 5.69 Å². The van der Waals surface area contributed by atoms with Gasteiger partial charge in [-0.05, 0) is 55.5 Å². The van der Waals surface area contributed by atoms with Gasteiger partial charge in [0.25, 0.3) is 0 Å². The third kappa shape index (κ3) is 4.59. The molecule has 1 unspecified atom stereocenters. The second-order valence-corrected chi connectivity index (χ2v) is 8.15. The van der Waals surface area contributed by atoms with Gasteiger partial charge in [-0.25, -0.2) is 0 Å². The summed E-state index contributed by atoms with van der Waals surface area (Å²) >= 11 is 1.33. The van der Waals surface area contributed by atoms with Crippen LogP contribution in [0, 0.1) is 0 Å². The lowest BCUT2D eigenvalue weighted by Crippen LogP contribution is -2.15. The summed E-state index contributed by atoms with van der Waals surface area (Å²) in [5.74, 6) is 0.964. The highest BCUT2D eigenvalue weighted by Gasteiger charge is 2.23. The molecule has 2 aromatic heterocycles. The number of rotatable bonds is 7. The zero-order valence-corrected chi connectivity index (χ0v) is 17.8. The fraction of sp³-hybridized carbons (Fsp3) is 0.130. The number of furan rings is 1. The molecule has 4 rings (SSSR count). The molecule has 0 saturated carbocycles. The molecule has 0 radical (unpaired) electrons. The van der Waals surface area contributed by atoms with E-state index < -0.39 is 5.25 Å². The molecule has 0 aliphatic carbocycles. The lowest BCUT2D eigenvalue weighted by molar-refractivity contribution is -0.114. The van der Waals surface area contributed by atoms with Crippen LogP contribution in [0.15, 0.2) is 82.6 Å². The van der Waals surface area contributed by atoms with Crippen molar-refractivity contribution in [2.45, 2.75) is 24.3 Å². The highest BCUT2D eigenvalue weighted by atomic mass is 32.2. The number of ketones is 1. The summed E-state index contributed by atoms with van der Waals surface area (Å²) < 4.78 is 7.41. The number of aromatic nitrogens is 3. The number of nitrogens with zero attached hydrogens (tertiary/aromatic N) is 3. The van der Waals surface area contributed by atoms with Gasteiger partial charge in [0.15, 0.2) is 16.7 Å². The standard InChI is InChI=1S/C23H20N4O3S/c1-15(21(29)17-10-12-18(13-11-17)24-16(2)28)31-23-26-25-22(20-9-6-14-30-20)27(23)19-7-4-3-5-8-19/h3-15H,1-2H3,(H,24,28). The molecule has 4 aromatic rings. The molecule has 2 heterocycles. The van der Waals surface area contributed by atoms with Crippen LogP contribution in [-0.2, 0) is 4.79 Å². The van der Waals surface area contributed by atoms with Crippen molar-refractivity contribution in [3.63, 3.8) is 0 Å². The number of para-hydroxylation sites is 1. The molecule has 8 heteroatoms. The van der Waals surface area contributed by atoms with Crippen molar-refractivity contribution in [2.75, 3.05) is 5.32 Å². The lowest BCUT2D eigenvalue weighted by Gasteiger charge is -2.13. The van der Waals surface area contributed by atoms with Gasteiger partial charge in [-0.1, -0.05) is 30.0 Å². The van der Waals surface area contributed by atoms with Gasteiger partial charge in [0.05, 0.1) is 11.5 Å².